The molecule has 0 bridgehead atoms. The van der Waals surface area contributed by atoms with Gasteiger partial charge in [-0.05, 0) is 50.4 Å². The van der Waals surface area contributed by atoms with Gasteiger partial charge in [-0.2, -0.15) is 0 Å². The van der Waals surface area contributed by atoms with Crippen LogP contribution in [0.5, 0.6) is 5.75 Å². The molecule has 120 valence electrons. The van der Waals surface area contributed by atoms with Gasteiger partial charge in [0.2, 0.25) is 0 Å². The fraction of sp³-hybridized carbons (Fsp3) is 0.647. The van der Waals surface area contributed by atoms with Crippen LogP contribution in [0, 0.1) is 0 Å². The van der Waals surface area contributed by atoms with Crippen LogP contribution in [0.25, 0.3) is 0 Å². The van der Waals surface area contributed by atoms with Gasteiger partial charge in [0.05, 0.1) is 19.8 Å². The fourth-order valence-electron chi connectivity index (χ4n) is 2.01. The zero-order valence-corrected chi connectivity index (χ0v) is 13.3. The van der Waals surface area contributed by atoms with Crippen LogP contribution < -0.4 is 10.1 Å². The Hall–Kier alpha value is -1.10. The van der Waals surface area contributed by atoms with Gasteiger partial charge in [-0.15, -0.1) is 0 Å². The highest BCUT2D eigenvalue weighted by Gasteiger charge is 2.02. The van der Waals surface area contributed by atoms with E-state index in [4.69, 9.17) is 14.6 Å². The summed E-state index contributed by atoms with van der Waals surface area (Å²) < 4.78 is 10.7. The highest BCUT2D eigenvalue weighted by Crippen LogP contribution is 2.14. The van der Waals surface area contributed by atoms with Crippen molar-refractivity contribution in [3.8, 4) is 5.75 Å². The quantitative estimate of drug-likeness (QED) is 0.581. The van der Waals surface area contributed by atoms with Crippen molar-refractivity contribution in [2.24, 2.45) is 0 Å². The van der Waals surface area contributed by atoms with Crippen LogP contribution in [-0.2, 0) is 11.2 Å². The second-order valence-electron chi connectivity index (χ2n) is 5.22. The van der Waals surface area contributed by atoms with E-state index >= 15 is 0 Å². The molecule has 0 saturated heterocycles. The minimum atomic E-state index is 0.0558. The molecule has 21 heavy (non-hydrogen) atoms. The molecule has 0 amide bonds. The van der Waals surface area contributed by atoms with E-state index in [0.29, 0.717) is 25.9 Å². The molecule has 1 aromatic rings. The minimum absolute atomic E-state index is 0.0558. The van der Waals surface area contributed by atoms with Crippen molar-refractivity contribution in [2.45, 2.75) is 39.2 Å². The molecule has 0 saturated carbocycles. The van der Waals surface area contributed by atoms with Crippen LogP contribution in [0.4, 0.5) is 0 Å². The predicted octanol–water partition coefficient (Wildman–Crippen LogP) is 2.40. The van der Waals surface area contributed by atoms with E-state index in [-0.39, 0.29) is 6.61 Å². The summed E-state index contributed by atoms with van der Waals surface area (Å²) >= 11 is 0. The van der Waals surface area contributed by atoms with Gasteiger partial charge in [0.15, 0.2) is 0 Å². The lowest BCUT2D eigenvalue weighted by Crippen LogP contribution is -2.27. The standard InChI is InChI=1S/C17H29NO3/c1-3-10-18-15(2)4-5-16-6-8-17(9-7-16)21-14-13-20-12-11-19/h6-9,15,18-19H,3-5,10-14H2,1-2H3. The molecule has 1 aromatic carbocycles. The molecule has 1 unspecified atom stereocenters. The molecule has 0 aromatic heterocycles. The molecular formula is C17H29NO3. The molecule has 0 spiro atoms. The number of hydrogen-bond donors (Lipinski definition) is 2. The SMILES string of the molecule is CCCNC(C)CCc1ccc(OCCOCCO)cc1. The van der Waals surface area contributed by atoms with Gasteiger partial charge in [0.1, 0.15) is 12.4 Å². The Balaban J connectivity index is 2.20. The summed E-state index contributed by atoms with van der Waals surface area (Å²) in [5.41, 5.74) is 1.34. The van der Waals surface area contributed by atoms with Crippen molar-refractivity contribution in [1.29, 1.82) is 0 Å². The van der Waals surface area contributed by atoms with Gasteiger partial charge < -0.3 is 19.9 Å². The molecule has 1 rings (SSSR count). The van der Waals surface area contributed by atoms with E-state index in [1.54, 1.807) is 0 Å². The van der Waals surface area contributed by atoms with Gasteiger partial charge in [0.25, 0.3) is 0 Å². The third-order valence-corrected chi connectivity index (χ3v) is 3.26. The normalized spacial score (nSPS) is 12.3. The Labute approximate surface area is 128 Å². The second-order valence-corrected chi connectivity index (χ2v) is 5.22. The average Bonchev–Trinajstić information content (AvgIpc) is 2.52. The first-order chi connectivity index (χ1) is 10.3. The van der Waals surface area contributed by atoms with Crippen molar-refractivity contribution >= 4 is 0 Å². The first kappa shape index (κ1) is 18.0. The van der Waals surface area contributed by atoms with Crippen LogP contribution in [0.2, 0.25) is 0 Å². The molecule has 0 heterocycles. The number of benzene rings is 1. The molecule has 0 aliphatic rings. The maximum Gasteiger partial charge on any atom is 0.119 e. The molecule has 2 N–H and O–H groups in total. The summed E-state index contributed by atoms with van der Waals surface area (Å²) in [6.07, 6.45) is 3.41. The zero-order chi connectivity index (χ0) is 15.3. The van der Waals surface area contributed by atoms with Gasteiger partial charge in [-0.25, -0.2) is 0 Å². The summed E-state index contributed by atoms with van der Waals surface area (Å²) in [6.45, 7) is 6.95. The summed E-state index contributed by atoms with van der Waals surface area (Å²) in [4.78, 5) is 0. The van der Waals surface area contributed by atoms with E-state index in [1.807, 2.05) is 12.1 Å². The molecule has 0 fully saturated rings. The maximum absolute atomic E-state index is 8.58. The van der Waals surface area contributed by atoms with Gasteiger partial charge in [-0.3, -0.25) is 0 Å². The van der Waals surface area contributed by atoms with E-state index in [0.717, 1.165) is 25.1 Å². The fourth-order valence-corrected chi connectivity index (χ4v) is 2.01. The lowest BCUT2D eigenvalue weighted by Gasteiger charge is -2.13. The van der Waals surface area contributed by atoms with E-state index in [1.165, 1.54) is 12.0 Å². The largest absolute Gasteiger partial charge is 0.491 e. The number of hydrogen-bond acceptors (Lipinski definition) is 4. The van der Waals surface area contributed by atoms with Gasteiger partial charge >= 0.3 is 0 Å². The zero-order valence-electron chi connectivity index (χ0n) is 13.3. The van der Waals surface area contributed by atoms with Crippen LogP contribution in [-0.4, -0.2) is 44.1 Å². The maximum atomic E-state index is 8.58. The Morgan fingerprint density at radius 3 is 2.57 bits per heavy atom. The first-order valence-electron chi connectivity index (χ1n) is 7.90. The molecule has 0 aliphatic heterocycles. The summed E-state index contributed by atoms with van der Waals surface area (Å²) in [5.74, 6) is 0.864. The number of aryl methyl sites for hydroxylation is 1. The predicted molar refractivity (Wildman–Crippen MR) is 85.9 cm³/mol. The van der Waals surface area contributed by atoms with Crippen molar-refractivity contribution in [3.05, 3.63) is 29.8 Å². The first-order valence-corrected chi connectivity index (χ1v) is 7.90. The highest BCUT2D eigenvalue weighted by molar-refractivity contribution is 5.27. The Bertz CT molecular complexity index is 354. The van der Waals surface area contributed by atoms with E-state index in [9.17, 15) is 0 Å². The Morgan fingerprint density at radius 2 is 1.90 bits per heavy atom. The molecule has 0 radical (unpaired) electrons. The number of rotatable bonds is 12. The van der Waals surface area contributed by atoms with Crippen LogP contribution in [0.15, 0.2) is 24.3 Å². The molecule has 4 heteroatoms. The van der Waals surface area contributed by atoms with Gasteiger partial charge in [0, 0.05) is 6.04 Å². The smallest absolute Gasteiger partial charge is 0.119 e. The van der Waals surface area contributed by atoms with Gasteiger partial charge in [-0.1, -0.05) is 19.1 Å². The molecular weight excluding hydrogens is 266 g/mol. The van der Waals surface area contributed by atoms with Crippen LogP contribution in [0.1, 0.15) is 32.3 Å². The number of ether oxygens (including phenoxy) is 2. The van der Waals surface area contributed by atoms with E-state index in [2.05, 4.69) is 31.3 Å². The van der Waals surface area contributed by atoms with Crippen molar-refractivity contribution in [2.75, 3.05) is 33.0 Å². The van der Waals surface area contributed by atoms with Crippen LogP contribution in [0.3, 0.4) is 0 Å². The number of aliphatic hydroxyl groups excluding tert-OH is 1. The molecule has 0 aliphatic carbocycles. The third kappa shape index (κ3) is 8.71. The van der Waals surface area contributed by atoms with Crippen LogP contribution >= 0.6 is 0 Å². The lowest BCUT2D eigenvalue weighted by molar-refractivity contribution is 0.0705. The van der Waals surface area contributed by atoms with Crippen molar-refractivity contribution < 1.29 is 14.6 Å². The topological polar surface area (TPSA) is 50.7 Å². The minimum Gasteiger partial charge on any atom is -0.491 e. The third-order valence-electron chi connectivity index (χ3n) is 3.26. The molecule has 4 nitrogen and oxygen atoms in total. The lowest BCUT2D eigenvalue weighted by atomic mass is 10.1. The van der Waals surface area contributed by atoms with Crippen molar-refractivity contribution in [3.63, 3.8) is 0 Å². The molecule has 1 atom stereocenters. The number of nitrogens with one attached hydrogen (secondary N) is 1. The second kappa shape index (κ2) is 11.5. The number of aliphatic hydroxyl groups is 1. The van der Waals surface area contributed by atoms with E-state index < -0.39 is 0 Å². The Morgan fingerprint density at radius 1 is 1.14 bits per heavy atom. The Kier molecular flexibility index (Phi) is 9.87. The summed E-state index contributed by atoms with van der Waals surface area (Å²) in [5, 5.41) is 12.1. The average molecular weight is 295 g/mol. The van der Waals surface area contributed by atoms with Crippen molar-refractivity contribution in [1.82, 2.24) is 5.32 Å². The summed E-state index contributed by atoms with van der Waals surface area (Å²) in [6, 6.07) is 8.81. The highest BCUT2D eigenvalue weighted by atomic mass is 16.5. The monoisotopic (exact) mass is 295 g/mol. The summed E-state index contributed by atoms with van der Waals surface area (Å²) in [7, 11) is 0.